The standard InChI is InChI=1S/C25H51N3O3.2ClH/c1-4-5-6-7-8-9-10-11-12-13-14-15-16-17-18-31-25(30)23(19-21(2)3)28-24(29)22(27)20-26;;/h21-23H,4-20,26-27H2,1-3H3,(H,28,29);2*1H/t22-,23-;;/m0../s1. The molecule has 1 amide bonds. The van der Waals surface area contributed by atoms with E-state index in [0.29, 0.717) is 13.0 Å². The van der Waals surface area contributed by atoms with Gasteiger partial charge in [0.05, 0.1) is 12.6 Å². The maximum atomic E-state index is 12.4. The lowest BCUT2D eigenvalue weighted by Crippen LogP contribution is -2.51. The van der Waals surface area contributed by atoms with Crippen LogP contribution in [0.1, 0.15) is 117 Å². The van der Waals surface area contributed by atoms with Gasteiger partial charge in [0.25, 0.3) is 0 Å². The van der Waals surface area contributed by atoms with Crippen molar-refractivity contribution in [2.45, 2.75) is 129 Å². The molecule has 0 spiro atoms. The second kappa shape index (κ2) is 26.1. The quantitative estimate of drug-likeness (QED) is 0.135. The van der Waals surface area contributed by atoms with E-state index in [0.717, 1.165) is 12.8 Å². The average Bonchev–Trinajstić information content (AvgIpc) is 2.74. The summed E-state index contributed by atoms with van der Waals surface area (Å²) in [5.41, 5.74) is 11.1. The molecule has 2 atom stereocenters. The molecule has 0 aromatic rings. The lowest BCUT2D eigenvalue weighted by molar-refractivity contribution is -0.148. The molecule has 0 radical (unpaired) electrons. The molecule has 0 aromatic heterocycles. The zero-order valence-electron chi connectivity index (χ0n) is 21.4. The van der Waals surface area contributed by atoms with Gasteiger partial charge in [-0.2, -0.15) is 0 Å². The number of carbonyl (C=O) groups excluding carboxylic acids is 2. The van der Waals surface area contributed by atoms with Gasteiger partial charge in [-0.05, 0) is 18.8 Å². The van der Waals surface area contributed by atoms with Crippen molar-refractivity contribution in [3.63, 3.8) is 0 Å². The van der Waals surface area contributed by atoms with Gasteiger partial charge in [-0.25, -0.2) is 4.79 Å². The summed E-state index contributed by atoms with van der Waals surface area (Å²) < 4.78 is 5.40. The van der Waals surface area contributed by atoms with Crippen LogP contribution in [0.15, 0.2) is 0 Å². The summed E-state index contributed by atoms with van der Waals surface area (Å²) in [6.07, 6.45) is 18.6. The molecule has 5 N–H and O–H groups in total. The smallest absolute Gasteiger partial charge is 0.328 e. The SMILES string of the molecule is CCCCCCCCCCCCCCCCOC(=O)[C@H](CC(C)C)NC(=O)[C@@H](N)CN.Cl.Cl. The highest BCUT2D eigenvalue weighted by Crippen LogP contribution is 2.13. The van der Waals surface area contributed by atoms with Crippen molar-refractivity contribution in [2.75, 3.05) is 13.2 Å². The van der Waals surface area contributed by atoms with E-state index in [9.17, 15) is 9.59 Å². The number of nitrogens with one attached hydrogen (secondary N) is 1. The molecule has 0 saturated carbocycles. The van der Waals surface area contributed by atoms with Crippen LogP contribution in [0.4, 0.5) is 0 Å². The molecular formula is C25H53Cl2N3O3. The Labute approximate surface area is 215 Å². The Hall–Kier alpha value is -0.560. The number of halogens is 2. The zero-order valence-corrected chi connectivity index (χ0v) is 23.1. The minimum absolute atomic E-state index is 0. The second-order valence-corrected chi connectivity index (χ2v) is 9.30. The Morgan fingerprint density at radius 2 is 1.21 bits per heavy atom. The Balaban J connectivity index is -0.00000450. The van der Waals surface area contributed by atoms with Gasteiger partial charge < -0.3 is 21.5 Å². The van der Waals surface area contributed by atoms with Crippen LogP contribution < -0.4 is 16.8 Å². The van der Waals surface area contributed by atoms with Crippen LogP contribution in [0.2, 0.25) is 0 Å². The minimum Gasteiger partial charge on any atom is -0.464 e. The largest absolute Gasteiger partial charge is 0.464 e. The van der Waals surface area contributed by atoms with Crippen LogP contribution in [0, 0.1) is 5.92 Å². The van der Waals surface area contributed by atoms with Gasteiger partial charge >= 0.3 is 5.97 Å². The highest BCUT2D eigenvalue weighted by molar-refractivity contribution is 5.87. The van der Waals surface area contributed by atoms with Crippen LogP contribution in [0.25, 0.3) is 0 Å². The Bertz CT molecular complexity index is 455. The van der Waals surface area contributed by atoms with Crippen LogP contribution in [-0.4, -0.2) is 37.1 Å². The molecule has 0 rings (SSSR count). The van der Waals surface area contributed by atoms with Crippen molar-refractivity contribution in [3.8, 4) is 0 Å². The van der Waals surface area contributed by atoms with Crippen molar-refractivity contribution in [3.05, 3.63) is 0 Å². The summed E-state index contributed by atoms with van der Waals surface area (Å²) in [5, 5.41) is 2.68. The Kier molecular flexibility index (Phi) is 29.2. The van der Waals surface area contributed by atoms with E-state index < -0.39 is 18.0 Å². The molecule has 33 heavy (non-hydrogen) atoms. The second-order valence-electron chi connectivity index (χ2n) is 9.30. The maximum absolute atomic E-state index is 12.4. The van der Waals surface area contributed by atoms with Crippen LogP contribution >= 0.6 is 24.8 Å². The van der Waals surface area contributed by atoms with Gasteiger partial charge in [-0.1, -0.05) is 104 Å². The molecule has 0 aliphatic carbocycles. The first-order valence-corrected chi connectivity index (χ1v) is 12.8. The van der Waals surface area contributed by atoms with Gasteiger partial charge in [-0.3, -0.25) is 4.79 Å². The number of carbonyl (C=O) groups is 2. The molecule has 0 fully saturated rings. The van der Waals surface area contributed by atoms with Gasteiger partial charge in [0.15, 0.2) is 0 Å². The minimum atomic E-state index is -0.798. The summed E-state index contributed by atoms with van der Waals surface area (Å²) in [6, 6.07) is -1.45. The van der Waals surface area contributed by atoms with Crippen molar-refractivity contribution in [1.82, 2.24) is 5.32 Å². The normalized spacial score (nSPS) is 12.4. The van der Waals surface area contributed by atoms with E-state index >= 15 is 0 Å². The number of esters is 1. The molecule has 0 aromatic carbocycles. The highest BCUT2D eigenvalue weighted by Gasteiger charge is 2.25. The third-order valence-corrected chi connectivity index (χ3v) is 5.64. The number of amides is 1. The van der Waals surface area contributed by atoms with E-state index in [4.69, 9.17) is 16.2 Å². The number of rotatable bonds is 21. The molecule has 0 bridgehead atoms. The van der Waals surface area contributed by atoms with Gasteiger partial charge in [0.1, 0.15) is 6.04 Å². The van der Waals surface area contributed by atoms with E-state index in [1.54, 1.807) is 0 Å². The van der Waals surface area contributed by atoms with E-state index in [1.165, 1.54) is 77.0 Å². The fourth-order valence-corrected chi connectivity index (χ4v) is 3.64. The Morgan fingerprint density at radius 3 is 1.61 bits per heavy atom. The molecule has 0 unspecified atom stereocenters. The third-order valence-electron chi connectivity index (χ3n) is 5.64. The molecule has 8 heteroatoms. The summed E-state index contributed by atoms with van der Waals surface area (Å²) in [7, 11) is 0. The molecule has 200 valence electrons. The lowest BCUT2D eigenvalue weighted by atomic mass is 10.0. The topological polar surface area (TPSA) is 107 Å². The van der Waals surface area contributed by atoms with Crippen molar-refractivity contribution < 1.29 is 14.3 Å². The van der Waals surface area contributed by atoms with Crippen molar-refractivity contribution in [2.24, 2.45) is 17.4 Å². The number of hydrogen-bond donors (Lipinski definition) is 3. The number of hydrogen-bond acceptors (Lipinski definition) is 5. The lowest BCUT2D eigenvalue weighted by Gasteiger charge is -2.21. The fourth-order valence-electron chi connectivity index (χ4n) is 3.64. The maximum Gasteiger partial charge on any atom is 0.328 e. The molecule has 6 nitrogen and oxygen atoms in total. The monoisotopic (exact) mass is 513 g/mol. The number of ether oxygens (including phenoxy) is 1. The predicted molar refractivity (Wildman–Crippen MR) is 144 cm³/mol. The first-order chi connectivity index (χ1) is 14.9. The Morgan fingerprint density at radius 1 is 0.788 bits per heavy atom. The third kappa shape index (κ3) is 23.0. The zero-order chi connectivity index (χ0) is 23.3. The fraction of sp³-hybridized carbons (Fsp3) is 0.920. The van der Waals surface area contributed by atoms with E-state index in [-0.39, 0.29) is 43.2 Å². The van der Waals surface area contributed by atoms with Gasteiger partial charge in [0.2, 0.25) is 5.91 Å². The molecule has 0 aliphatic heterocycles. The summed E-state index contributed by atoms with van der Waals surface area (Å²) >= 11 is 0. The summed E-state index contributed by atoms with van der Waals surface area (Å²) in [6.45, 7) is 6.73. The first kappa shape index (κ1) is 37.0. The van der Waals surface area contributed by atoms with E-state index in [2.05, 4.69) is 12.2 Å². The highest BCUT2D eigenvalue weighted by atomic mass is 35.5. The molecular weight excluding hydrogens is 461 g/mol. The predicted octanol–water partition coefficient (Wildman–Crippen LogP) is 5.67. The van der Waals surface area contributed by atoms with Gasteiger partial charge in [-0.15, -0.1) is 24.8 Å². The molecule has 0 aliphatic rings. The first-order valence-electron chi connectivity index (χ1n) is 12.8. The number of nitrogens with two attached hydrogens (primary N) is 2. The van der Waals surface area contributed by atoms with E-state index in [1.807, 2.05) is 13.8 Å². The summed E-state index contributed by atoms with van der Waals surface area (Å²) in [4.78, 5) is 24.3. The van der Waals surface area contributed by atoms with Crippen molar-refractivity contribution in [1.29, 1.82) is 0 Å². The molecule has 0 heterocycles. The molecule has 0 saturated heterocycles. The average molecular weight is 515 g/mol. The summed E-state index contributed by atoms with van der Waals surface area (Å²) in [5.74, 6) is -0.518. The van der Waals surface area contributed by atoms with Gasteiger partial charge in [0, 0.05) is 6.54 Å². The van der Waals surface area contributed by atoms with Crippen LogP contribution in [-0.2, 0) is 14.3 Å². The number of unbranched alkanes of at least 4 members (excludes halogenated alkanes) is 13. The van der Waals surface area contributed by atoms with Crippen LogP contribution in [0.5, 0.6) is 0 Å². The van der Waals surface area contributed by atoms with Crippen LogP contribution in [0.3, 0.4) is 0 Å². The van der Waals surface area contributed by atoms with Crippen molar-refractivity contribution >= 4 is 36.7 Å².